The zero-order valence-electron chi connectivity index (χ0n) is 8.54. The summed E-state index contributed by atoms with van der Waals surface area (Å²) in [6.07, 6.45) is 3.27. The highest BCUT2D eigenvalue weighted by atomic mass is 16.2. The minimum Gasteiger partial charge on any atom is -0.347 e. The maximum atomic E-state index is 11.4. The van der Waals surface area contributed by atoms with Gasteiger partial charge < -0.3 is 10.2 Å². The van der Waals surface area contributed by atoms with Crippen LogP contribution in [0.4, 0.5) is 0 Å². The fraction of sp³-hybridized carbons (Fsp3) is 0.778. The minimum absolute atomic E-state index is 0.0412. The van der Waals surface area contributed by atoms with Crippen molar-refractivity contribution >= 4 is 12.3 Å². The Morgan fingerprint density at radius 2 is 2.15 bits per heavy atom. The van der Waals surface area contributed by atoms with Gasteiger partial charge in [-0.3, -0.25) is 9.59 Å². The first kappa shape index (κ1) is 11.9. The molecule has 0 rings (SSSR count). The van der Waals surface area contributed by atoms with Gasteiger partial charge in [-0.25, -0.2) is 0 Å². The Hall–Kier alpha value is -1.06. The van der Waals surface area contributed by atoms with Crippen molar-refractivity contribution in [2.24, 2.45) is 0 Å². The maximum absolute atomic E-state index is 11.4. The first-order valence-electron chi connectivity index (χ1n) is 4.54. The van der Waals surface area contributed by atoms with Gasteiger partial charge in [-0.15, -0.1) is 0 Å². The van der Waals surface area contributed by atoms with Crippen LogP contribution < -0.4 is 5.32 Å². The van der Waals surface area contributed by atoms with Crippen molar-refractivity contribution in [2.75, 3.05) is 14.1 Å². The van der Waals surface area contributed by atoms with E-state index in [2.05, 4.69) is 12.2 Å². The first-order valence-corrected chi connectivity index (χ1v) is 4.54. The summed E-state index contributed by atoms with van der Waals surface area (Å²) in [5.41, 5.74) is 0. The number of likely N-dealkylation sites (N-methyl/N-ethyl adjacent to an activating group) is 1. The van der Waals surface area contributed by atoms with Gasteiger partial charge >= 0.3 is 0 Å². The molecule has 13 heavy (non-hydrogen) atoms. The molecule has 0 aromatic rings. The number of hydrogen-bond acceptors (Lipinski definition) is 2. The highest BCUT2D eigenvalue weighted by molar-refractivity contribution is 5.83. The molecule has 2 amide bonds. The smallest absolute Gasteiger partial charge is 0.244 e. The van der Waals surface area contributed by atoms with Crippen molar-refractivity contribution in [3.05, 3.63) is 0 Å². The third kappa shape index (κ3) is 4.50. The van der Waals surface area contributed by atoms with Crippen molar-refractivity contribution in [3.63, 3.8) is 0 Å². The lowest BCUT2D eigenvalue weighted by Gasteiger charge is -2.19. The van der Waals surface area contributed by atoms with E-state index in [1.807, 2.05) is 0 Å². The lowest BCUT2D eigenvalue weighted by atomic mass is 10.1. The molecule has 1 N–H and O–H groups in total. The number of amides is 2. The van der Waals surface area contributed by atoms with Crippen LogP contribution in [0.25, 0.3) is 0 Å². The maximum Gasteiger partial charge on any atom is 0.244 e. The van der Waals surface area contributed by atoms with Crippen LogP contribution >= 0.6 is 0 Å². The number of nitrogens with one attached hydrogen (secondary N) is 1. The summed E-state index contributed by atoms with van der Waals surface area (Å²) in [5, 5.41) is 2.53. The summed E-state index contributed by atoms with van der Waals surface area (Å²) in [4.78, 5) is 23.2. The normalized spacial score (nSPS) is 11.9. The molecule has 0 aromatic carbocycles. The van der Waals surface area contributed by atoms with Crippen LogP contribution in [0.1, 0.15) is 26.2 Å². The first-order chi connectivity index (χ1) is 6.13. The Labute approximate surface area is 79.3 Å². The second-order valence-corrected chi connectivity index (χ2v) is 3.21. The highest BCUT2D eigenvalue weighted by Crippen LogP contribution is 2.02. The number of hydrogen-bond donors (Lipinski definition) is 1. The Balaban J connectivity index is 4.06. The molecule has 76 valence electrons. The van der Waals surface area contributed by atoms with Gasteiger partial charge in [0.15, 0.2) is 0 Å². The molecule has 0 saturated carbocycles. The van der Waals surface area contributed by atoms with E-state index >= 15 is 0 Å². The topological polar surface area (TPSA) is 49.4 Å². The van der Waals surface area contributed by atoms with Gasteiger partial charge in [-0.05, 0) is 6.42 Å². The molecule has 0 aliphatic carbocycles. The zero-order valence-corrected chi connectivity index (χ0v) is 8.54. The van der Waals surface area contributed by atoms with E-state index in [1.165, 1.54) is 4.90 Å². The summed E-state index contributed by atoms with van der Waals surface area (Å²) in [6.45, 7) is 2.05. The molecule has 0 bridgehead atoms. The molecule has 0 aliphatic heterocycles. The van der Waals surface area contributed by atoms with Crippen molar-refractivity contribution in [2.45, 2.75) is 32.2 Å². The van der Waals surface area contributed by atoms with Crippen LogP contribution in [0.3, 0.4) is 0 Å². The van der Waals surface area contributed by atoms with Gasteiger partial charge in [-0.2, -0.15) is 0 Å². The number of carbonyl (C=O) groups excluding carboxylic acids is 2. The summed E-state index contributed by atoms with van der Waals surface area (Å²) in [7, 11) is 3.38. The van der Waals surface area contributed by atoms with Crippen molar-refractivity contribution in [1.82, 2.24) is 10.2 Å². The third-order valence-electron chi connectivity index (χ3n) is 1.85. The Morgan fingerprint density at radius 1 is 1.54 bits per heavy atom. The van der Waals surface area contributed by atoms with Gasteiger partial charge in [0, 0.05) is 14.1 Å². The highest BCUT2D eigenvalue weighted by Gasteiger charge is 2.17. The second kappa shape index (κ2) is 6.46. The molecule has 0 heterocycles. The molecule has 1 unspecified atom stereocenters. The molecule has 0 spiro atoms. The Kier molecular flexibility index (Phi) is 5.93. The van der Waals surface area contributed by atoms with Gasteiger partial charge in [0.25, 0.3) is 0 Å². The van der Waals surface area contributed by atoms with E-state index in [4.69, 9.17) is 0 Å². The van der Waals surface area contributed by atoms with Crippen molar-refractivity contribution in [1.29, 1.82) is 0 Å². The molecule has 4 nitrogen and oxygen atoms in total. The summed E-state index contributed by atoms with van der Waals surface area (Å²) in [5.74, 6) is -0.0412. The van der Waals surface area contributed by atoms with E-state index in [-0.39, 0.29) is 11.9 Å². The van der Waals surface area contributed by atoms with Gasteiger partial charge in [-0.1, -0.05) is 19.8 Å². The van der Waals surface area contributed by atoms with Crippen molar-refractivity contribution in [3.8, 4) is 0 Å². The molecule has 0 radical (unpaired) electrons. The van der Waals surface area contributed by atoms with E-state index in [9.17, 15) is 9.59 Å². The minimum atomic E-state index is -0.354. The van der Waals surface area contributed by atoms with Crippen LogP contribution in [0.5, 0.6) is 0 Å². The summed E-state index contributed by atoms with van der Waals surface area (Å²) < 4.78 is 0. The van der Waals surface area contributed by atoms with E-state index in [1.54, 1.807) is 14.1 Å². The van der Waals surface area contributed by atoms with Crippen LogP contribution in [-0.4, -0.2) is 37.4 Å². The van der Waals surface area contributed by atoms with Crippen LogP contribution in [-0.2, 0) is 9.59 Å². The largest absolute Gasteiger partial charge is 0.347 e. The fourth-order valence-corrected chi connectivity index (χ4v) is 1.08. The standard InChI is InChI=1S/C9H18N2O2/c1-4-5-6-8(10-7-12)9(13)11(2)3/h7-8H,4-6H2,1-3H3,(H,10,12). The summed E-state index contributed by atoms with van der Waals surface area (Å²) >= 11 is 0. The van der Waals surface area contributed by atoms with Gasteiger partial charge in [0.2, 0.25) is 12.3 Å². The molecule has 0 fully saturated rings. The number of nitrogens with zero attached hydrogens (tertiary/aromatic N) is 1. The zero-order chi connectivity index (χ0) is 10.3. The number of unbranched alkanes of at least 4 members (excludes halogenated alkanes) is 1. The molecule has 4 heteroatoms. The third-order valence-corrected chi connectivity index (χ3v) is 1.85. The van der Waals surface area contributed by atoms with Crippen molar-refractivity contribution < 1.29 is 9.59 Å². The molecular formula is C9H18N2O2. The molecule has 0 aromatic heterocycles. The number of rotatable bonds is 6. The second-order valence-electron chi connectivity index (χ2n) is 3.21. The molecule has 0 saturated heterocycles. The fourth-order valence-electron chi connectivity index (χ4n) is 1.08. The van der Waals surface area contributed by atoms with Crippen LogP contribution in [0.15, 0.2) is 0 Å². The van der Waals surface area contributed by atoms with E-state index < -0.39 is 0 Å². The molecule has 1 atom stereocenters. The lowest BCUT2D eigenvalue weighted by Crippen LogP contribution is -2.42. The van der Waals surface area contributed by atoms with Gasteiger partial charge in [0.1, 0.15) is 6.04 Å². The Morgan fingerprint density at radius 3 is 2.54 bits per heavy atom. The SMILES string of the molecule is CCCCC(NC=O)C(=O)N(C)C. The quantitative estimate of drug-likeness (QED) is 0.610. The van der Waals surface area contributed by atoms with Crippen LogP contribution in [0, 0.1) is 0 Å². The Bertz CT molecular complexity index is 169. The lowest BCUT2D eigenvalue weighted by molar-refractivity contribution is -0.132. The van der Waals surface area contributed by atoms with E-state index in [0.717, 1.165) is 12.8 Å². The van der Waals surface area contributed by atoms with E-state index in [0.29, 0.717) is 12.8 Å². The molecular weight excluding hydrogens is 168 g/mol. The average molecular weight is 186 g/mol. The summed E-state index contributed by atoms with van der Waals surface area (Å²) in [6, 6.07) is -0.354. The monoisotopic (exact) mass is 186 g/mol. The van der Waals surface area contributed by atoms with Crippen LogP contribution in [0.2, 0.25) is 0 Å². The molecule has 0 aliphatic rings. The predicted octanol–water partition coefficient (Wildman–Crippen LogP) is 0.379. The average Bonchev–Trinajstić information content (AvgIpc) is 2.11. The van der Waals surface area contributed by atoms with Gasteiger partial charge in [0.05, 0.1) is 0 Å². The predicted molar refractivity (Wildman–Crippen MR) is 51.2 cm³/mol. The number of carbonyl (C=O) groups is 2.